The molecule has 2 aromatic carbocycles. The molecule has 1 fully saturated rings. The van der Waals surface area contributed by atoms with Gasteiger partial charge < -0.3 is 10.4 Å². The summed E-state index contributed by atoms with van der Waals surface area (Å²) in [6.07, 6.45) is 0.528. The monoisotopic (exact) mass is 357 g/mol. The minimum absolute atomic E-state index is 0.190. The van der Waals surface area contributed by atoms with Crippen molar-refractivity contribution in [1.82, 2.24) is 5.43 Å². The highest BCUT2D eigenvalue weighted by Crippen LogP contribution is 2.29. The normalized spacial score (nSPS) is 15.8. The van der Waals surface area contributed by atoms with Crippen molar-refractivity contribution < 1.29 is 19.5 Å². The summed E-state index contributed by atoms with van der Waals surface area (Å²) in [4.78, 5) is 35.1. The van der Waals surface area contributed by atoms with E-state index in [0.717, 1.165) is 5.01 Å². The molecule has 126 valence electrons. The summed E-state index contributed by atoms with van der Waals surface area (Å²) in [7, 11) is 0. The van der Waals surface area contributed by atoms with E-state index in [4.69, 9.17) is 11.6 Å². The van der Waals surface area contributed by atoms with Gasteiger partial charge in [0.05, 0.1) is 10.7 Å². The Bertz CT molecular complexity index is 893. The van der Waals surface area contributed by atoms with Crippen molar-refractivity contribution in [2.45, 2.75) is 0 Å². The molecular formula is C17H12ClN3O4. The number of nitrogens with one attached hydrogen (secondary N) is 2. The molecule has 7 nitrogen and oxygen atoms in total. The average molecular weight is 358 g/mol. The van der Waals surface area contributed by atoms with E-state index in [1.165, 1.54) is 6.07 Å². The summed E-state index contributed by atoms with van der Waals surface area (Å²) >= 11 is 6.01. The van der Waals surface area contributed by atoms with E-state index in [1.54, 1.807) is 42.5 Å². The van der Waals surface area contributed by atoms with Crippen molar-refractivity contribution in [1.29, 1.82) is 0 Å². The lowest BCUT2D eigenvalue weighted by molar-refractivity contribution is -0.117. The molecule has 1 heterocycles. The van der Waals surface area contributed by atoms with Crippen LogP contribution in [0.5, 0.6) is 0 Å². The number of benzene rings is 2. The van der Waals surface area contributed by atoms with Crippen LogP contribution >= 0.6 is 11.6 Å². The molecule has 3 rings (SSSR count). The smallest absolute Gasteiger partial charge is 0.286 e. The van der Waals surface area contributed by atoms with E-state index in [-0.39, 0.29) is 10.6 Å². The number of aliphatic hydroxyl groups is 1. The molecule has 0 spiro atoms. The van der Waals surface area contributed by atoms with Crippen LogP contribution in [-0.2, 0) is 14.4 Å². The van der Waals surface area contributed by atoms with E-state index in [9.17, 15) is 19.5 Å². The van der Waals surface area contributed by atoms with Crippen LogP contribution in [0.2, 0.25) is 5.02 Å². The van der Waals surface area contributed by atoms with E-state index >= 15 is 0 Å². The first kappa shape index (κ1) is 16.5. The van der Waals surface area contributed by atoms with Crippen LogP contribution in [0.1, 0.15) is 5.56 Å². The molecular weight excluding hydrogens is 346 g/mol. The average Bonchev–Trinajstić information content (AvgIpc) is 2.90. The highest BCUT2D eigenvalue weighted by Gasteiger charge is 2.38. The minimum Gasteiger partial charge on any atom is -0.506 e. The van der Waals surface area contributed by atoms with Gasteiger partial charge in [-0.15, -0.1) is 0 Å². The van der Waals surface area contributed by atoms with Crippen LogP contribution in [-0.4, -0.2) is 23.3 Å². The van der Waals surface area contributed by atoms with Gasteiger partial charge in [0.2, 0.25) is 6.41 Å². The third-order valence-electron chi connectivity index (χ3n) is 3.57. The van der Waals surface area contributed by atoms with Gasteiger partial charge >= 0.3 is 0 Å². The van der Waals surface area contributed by atoms with E-state index < -0.39 is 23.1 Å². The van der Waals surface area contributed by atoms with Gasteiger partial charge in [0.1, 0.15) is 5.76 Å². The number of carbonyl (C=O) groups excluding carboxylic acids is 3. The number of rotatable bonds is 4. The lowest BCUT2D eigenvalue weighted by Gasteiger charge is -2.15. The van der Waals surface area contributed by atoms with Gasteiger partial charge in [0.25, 0.3) is 11.8 Å². The zero-order chi connectivity index (χ0) is 18.0. The van der Waals surface area contributed by atoms with Crippen molar-refractivity contribution >= 4 is 47.0 Å². The molecule has 1 saturated heterocycles. The number of carbonyl (C=O) groups is 3. The van der Waals surface area contributed by atoms with Crippen LogP contribution in [0, 0.1) is 0 Å². The zero-order valence-corrected chi connectivity index (χ0v) is 13.4. The summed E-state index contributed by atoms with van der Waals surface area (Å²) in [5.74, 6) is -1.94. The van der Waals surface area contributed by atoms with E-state index in [0.29, 0.717) is 17.8 Å². The maximum Gasteiger partial charge on any atom is 0.286 e. The molecule has 0 saturated carbocycles. The second kappa shape index (κ2) is 6.66. The zero-order valence-electron chi connectivity index (χ0n) is 12.7. The number of aliphatic hydroxyl groups excluding tert-OH is 1. The SMILES string of the molecule is O=CNc1ccc(N2NC(=O)/C(=C(/O)c3ccccc3Cl)C2=O)cc1. The van der Waals surface area contributed by atoms with Gasteiger partial charge in [-0.2, -0.15) is 0 Å². The lowest BCUT2D eigenvalue weighted by atomic mass is 10.1. The van der Waals surface area contributed by atoms with Gasteiger partial charge in [-0.05, 0) is 36.4 Å². The third kappa shape index (κ3) is 3.05. The van der Waals surface area contributed by atoms with Crippen molar-refractivity contribution in [3.05, 3.63) is 64.7 Å². The number of halogens is 1. The number of amides is 3. The first-order chi connectivity index (χ1) is 12.0. The predicted molar refractivity (Wildman–Crippen MR) is 92.8 cm³/mol. The molecule has 0 bridgehead atoms. The fourth-order valence-electron chi connectivity index (χ4n) is 2.37. The second-order valence-electron chi connectivity index (χ2n) is 5.09. The Kier molecular flexibility index (Phi) is 4.40. The van der Waals surface area contributed by atoms with E-state index in [2.05, 4.69) is 10.7 Å². The number of nitrogens with zero attached hydrogens (tertiary/aromatic N) is 1. The number of hydrazine groups is 1. The van der Waals surface area contributed by atoms with Crippen LogP contribution in [0.4, 0.5) is 11.4 Å². The van der Waals surface area contributed by atoms with Crippen molar-refractivity contribution in [2.24, 2.45) is 0 Å². The van der Waals surface area contributed by atoms with Crippen LogP contribution in [0.25, 0.3) is 5.76 Å². The molecule has 1 aliphatic rings. The Hall–Kier alpha value is -3.32. The molecule has 8 heteroatoms. The summed E-state index contributed by atoms with van der Waals surface area (Å²) in [6.45, 7) is 0. The molecule has 3 amide bonds. The number of hydrogen-bond donors (Lipinski definition) is 3. The molecule has 3 N–H and O–H groups in total. The van der Waals surface area contributed by atoms with Crippen molar-refractivity contribution in [3.8, 4) is 0 Å². The predicted octanol–water partition coefficient (Wildman–Crippen LogP) is 2.26. The molecule has 2 aromatic rings. The molecule has 0 unspecified atom stereocenters. The Balaban J connectivity index is 1.96. The van der Waals surface area contributed by atoms with Gasteiger partial charge in [0, 0.05) is 11.3 Å². The standard InChI is InChI=1S/C17H12ClN3O4/c18-13-4-2-1-3-12(13)15(23)14-16(24)20-21(17(14)25)11-7-5-10(6-8-11)19-9-22/h1-9,23H,(H,19,22)(H,20,24)/b15-14-. The van der Waals surface area contributed by atoms with Crippen LogP contribution < -0.4 is 15.8 Å². The molecule has 0 atom stereocenters. The van der Waals surface area contributed by atoms with Gasteiger partial charge in [-0.3, -0.25) is 19.8 Å². The lowest BCUT2D eigenvalue weighted by Crippen LogP contribution is -2.35. The summed E-state index contributed by atoms with van der Waals surface area (Å²) < 4.78 is 0. The fourth-order valence-corrected chi connectivity index (χ4v) is 2.60. The molecule has 0 radical (unpaired) electrons. The summed E-state index contributed by atoms with van der Waals surface area (Å²) in [5, 5.41) is 14.1. The largest absolute Gasteiger partial charge is 0.506 e. The topological polar surface area (TPSA) is 98.7 Å². The van der Waals surface area contributed by atoms with Crippen molar-refractivity contribution in [2.75, 3.05) is 10.3 Å². The maximum absolute atomic E-state index is 12.6. The molecule has 1 aliphatic heterocycles. The van der Waals surface area contributed by atoms with E-state index in [1.807, 2.05) is 0 Å². The second-order valence-corrected chi connectivity index (χ2v) is 5.50. The highest BCUT2D eigenvalue weighted by molar-refractivity contribution is 6.35. The minimum atomic E-state index is -0.738. The van der Waals surface area contributed by atoms with Crippen LogP contribution in [0.15, 0.2) is 54.1 Å². The number of hydrogen-bond acceptors (Lipinski definition) is 4. The maximum atomic E-state index is 12.6. The van der Waals surface area contributed by atoms with Gasteiger partial charge in [-0.25, -0.2) is 5.01 Å². The Labute approximate surface area is 147 Å². The fraction of sp³-hybridized carbons (Fsp3) is 0. The molecule has 0 aliphatic carbocycles. The summed E-state index contributed by atoms with van der Waals surface area (Å²) in [5.41, 5.74) is 3.08. The summed E-state index contributed by atoms with van der Waals surface area (Å²) in [6, 6.07) is 12.6. The third-order valence-corrected chi connectivity index (χ3v) is 3.90. The first-order valence-electron chi connectivity index (χ1n) is 7.16. The molecule has 0 aromatic heterocycles. The van der Waals surface area contributed by atoms with Gasteiger partial charge in [-0.1, -0.05) is 23.7 Å². The Morgan fingerprint density at radius 2 is 1.80 bits per heavy atom. The Morgan fingerprint density at radius 1 is 1.12 bits per heavy atom. The quantitative estimate of drug-likeness (QED) is 0.338. The Morgan fingerprint density at radius 3 is 2.44 bits per heavy atom. The van der Waals surface area contributed by atoms with Gasteiger partial charge in [0.15, 0.2) is 5.57 Å². The number of anilines is 2. The van der Waals surface area contributed by atoms with Crippen molar-refractivity contribution in [3.63, 3.8) is 0 Å². The highest BCUT2D eigenvalue weighted by atomic mass is 35.5. The molecule has 25 heavy (non-hydrogen) atoms. The first-order valence-corrected chi connectivity index (χ1v) is 7.54. The van der Waals surface area contributed by atoms with Crippen LogP contribution in [0.3, 0.4) is 0 Å².